The molecule has 0 bridgehead atoms. The fourth-order valence-corrected chi connectivity index (χ4v) is 4.90. The van der Waals surface area contributed by atoms with E-state index >= 15 is 0 Å². The normalized spacial score (nSPS) is 24.1. The van der Waals surface area contributed by atoms with E-state index in [9.17, 15) is 0 Å². The van der Waals surface area contributed by atoms with Gasteiger partial charge in [-0.3, -0.25) is 0 Å². The molecule has 1 atom stereocenters. The number of thiophene rings is 1. The van der Waals surface area contributed by atoms with Crippen molar-refractivity contribution < 1.29 is 0 Å². The van der Waals surface area contributed by atoms with E-state index in [-0.39, 0.29) is 0 Å². The summed E-state index contributed by atoms with van der Waals surface area (Å²) in [6.45, 7) is 7.90. The lowest BCUT2D eigenvalue weighted by molar-refractivity contribution is 0.216. The Morgan fingerprint density at radius 2 is 1.90 bits per heavy atom. The van der Waals surface area contributed by atoms with E-state index in [4.69, 9.17) is 0 Å². The molecule has 1 aliphatic rings. The maximum atomic E-state index is 3.77. The standard InChI is InChI=1S/C19H33NS/c1-4-7-8-15-9-11-16(12-10-15)19(20-6-3)18-14-13-17(5-2)21-18/h13-16,19-20H,4-12H2,1-3H3. The lowest BCUT2D eigenvalue weighted by atomic mass is 9.76. The number of nitrogens with one attached hydrogen (secondary N) is 1. The molecule has 0 aromatic carbocycles. The second kappa shape index (κ2) is 8.95. The van der Waals surface area contributed by atoms with Crippen molar-refractivity contribution in [1.29, 1.82) is 0 Å². The van der Waals surface area contributed by atoms with Crippen LogP contribution in [0, 0.1) is 11.8 Å². The summed E-state index contributed by atoms with van der Waals surface area (Å²) in [5.74, 6) is 1.86. The van der Waals surface area contributed by atoms with E-state index in [0.717, 1.165) is 18.4 Å². The van der Waals surface area contributed by atoms with Gasteiger partial charge in [0, 0.05) is 15.8 Å². The van der Waals surface area contributed by atoms with Gasteiger partial charge in [0.2, 0.25) is 0 Å². The summed E-state index contributed by atoms with van der Waals surface area (Å²) >= 11 is 2.03. The van der Waals surface area contributed by atoms with Crippen molar-refractivity contribution in [2.45, 2.75) is 78.2 Å². The highest BCUT2D eigenvalue weighted by Crippen LogP contribution is 2.40. The lowest BCUT2D eigenvalue weighted by Crippen LogP contribution is -2.30. The summed E-state index contributed by atoms with van der Waals surface area (Å²) in [4.78, 5) is 3.11. The van der Waals surface area contributed by atoms with Gasteiger partial charge in [-0.1, -0.05) is 52.9 Å². The quantitative estimate of drug-likeness (QED) is 0.625. The summed E-state index contributed by atoms with van der Waals surface area (Å²) in [5, 5.41) is 3.77. The molecule has 1 nitrogen and oxygen atoms in total. The third-order valence-corrected chi connectivity index (χ3v) is 6.40. The van der Waals surface area contributed by atoms with Crippen LogP contribution in [0.5, 0.6) is 0 Å². The molecule has 0 aliphatic heterocycles. The minimum Gasteiger partial charge on any atom is -0.309 e. The van der Waals surface area contributed by atoms with Crippen LogP contribution in [0.2, 0.25) is 0 Å². The van der Waals surface area contributed by atoms with E-state index in [0.29, 0.717) is 6.04 Å². The number of aryl methyl sites for hydroxylation is 1. The average molecular weight is 308 g/mol. The van der Waals surface area contributed by atoms with Crippen LogP contribution < -0.4 is 5.32 Å². The molecule has 2 heteroatoms. The number of rotatable bonds is 8. The number of hydrogen-bond donors (Lipinski definition) is 1. The second-order valence-electron chi connectivity index (χ2n) is 6.62. The Balaban J connectivity index is 1.93. The number of unbranched alkanes of at least 4 members (excludes halogenated alkanes) is 1. The second-order valence-corrected chi connectivity index (χ2v) is 7.82. The number of hydrogen-bond acceptors (Lipinski definition) is 2. The highest BCUT2D eigenvalue weighted by Gasteiger charge is 2.28. The molecule has 1 aliphatic carbocycles. The maximum absolute atomic E-state index is 3.77. The van der Waals surface area contributed by atoms with Crippen molar-refractivity contribution in [2.75, 3.05) is 6.54 Å². The molecule has 1 unspecified atom stereocenters. The minimum atomic E-state index is 0.604. The first kappa shape index (κ1) is 17.0. The van der Waals surface area contributed by atoms with Crippen LogP contribution in [0.3, 0.4) is 0 Å². The zero-order valence-electron chi connectivity index (χ0n) is 14.2. The summed E-state index contributed by atoms with van der Waals surface area (Å²) < 4.78 is 0. The van der Waals surface area contributed by atoms with Crippen molar-refractivity contribution in [3.8, 4) is 0 Å². The molecule has 0 amide bonds. The van der Waals surface area contributed by atoms with Crippen molar-refractivity contribution in [3.05, 3.63) is 21.9 Å². The first-order chi connectivity index (χ1) is 10.3. The predicted molar refractivity (Wildman–Crippen MR) is 95.1 cm³/mol. The predicted octanol–water partition coefficient (Wildman–Crippen LogP) is 5.96. The molecule has 0 radical (unpaired) electrons. The summed E-state index contributed by atoms with van der Waals surface area (Å²) in [6, 6.07) is 5.31. The molecule has 2 rings (SSSR count). The Labute approximate surface area is 135 Å². The Bertz CT molecular complexity index is 390. The van der Waals surface area contributed by atoms with Gasteiger partial charge in [-0.2, -0.15) is 0 Å². The largest absolute Gasteiger partial charge is 0.309 e. The van der Waals surface area contributed by atoms with Crippen molar-refractivity contribution in [1.82, 2.24) is 5.32 Å². The van der Waals surface area contributed by atoms with E-state index < -0.39 is 0 Å². The average Bonchev–Trinajstić information content (AvgIpc) is 3.00. The van der Waals surface area contributed by atoms with E-state index in [2.05, 4.69) is 38.2 Å². The van der Waals surface area contributed by atoms with Gasteiger partial charge < -0.3 is 5.32 Å². The van der Waals surface area contributed by atoms with Crippen LogP contribution in [0.25, 0.3) is 0 Å². The topological polar surface area (TPSA) is 12.0 Å². The van der Waals surface area contributed by atoms with E-state index in [1.54, 1.807) is 4.88 Å². The fraction of sp³-hybridized carbons (Fsp3) is 0.789. The third kappa shape index (κ3) is 4.82. The highest BCUT2D eigenvalue weighted by atomic mass is 32.1. The monoisotopic (exact) mass is 307 g/mol. The lowest BCUT2D eigenvalue weighted by Gasteiger charge is -2.34. The fourth-order valence-electron chi connectivity index (χ4n) is 3.77. The molecule has 1 heterocycles. The summed E-state index contributed by atoms with van der Waals surface area (Å²) in [6.07, 6.45) is 11.2. The van der Waals surface area contributed by atoms with Crippen LogP contribution in [-0.4, -0.2) is 6.54 Å². The molecule has 1 aromatic rings. The molecule has 120 valence electrons. The summed E-state index contributed by atoms with van der Waals surface area (Å²) in [5.41, 5.74) is 0. The van der Waals surface area contributed by atoms with Crippen molar-refractivity contribution in [2.24, 2.45) is 11.8 Å². The smallest absolute Gasteiger partial charge is 0.0443 e. The molecular formula is C19H33NS. The van der Waals surface area contributed by atoms with Gasteiger partial charge in [-0.25, -0.2) is 0 Å². The molecule has 1 saturated carbocycles. The molecule has 1 N–H and O–H groups in total. The van der Waals surface area contributed by atoms with E-state index in [1.165, 1.54) is 56.2 Å². The SMILES string of the molecule is CCCCC1CCC(C(NCC)c2ccc(CC)s2)CC1. The van der Waals surface area contributed by atoms with Crippen LogP contribution >= 0.6 is 11.3 Å². The van der Waals surface area contributed by atoms with Gasteiger partial charge in [0.25, 0.3) is 0 Å². The summed E-state index contributed by atoms with van der Waals surface area (Å²) in [7, 11) is 0. The molecule has 0 spiro atoms. The molecule has 0 saturated heterocycles. The van der Waals surface area contributed by atoms with Crippen molar-refractivity contribution >= 4 is 11.3 Å². The van der Waals surface area contributed by atoms with Gasteiger partial charge >= 0.3 is 0 Å². The molecular weight excluding hydrogens is 274 g/mol. The van der Waals surface area contributed by atoms with Gasteiger partial charge in [-0.15, -0.1) is 11.3 Å². The molecule has 21 heavy (non-hydrogen) atoms. The highest BCUT2D eigenvalue weighted by molar-refractivity contribution is 7.12. The molecule has 1 aromatic heterocycles. The van der Waals surface area contributed by atoms with Crippen LogP contribution in [-0.2, 0) is 6.42 Å². The maximum Gasteiger partial charge on any atom is 0.0443 e. The van der Waals surface area contributed by atoms with Gasteiger partial charge in [0.1, 0.15) is 0 Å². The first-order valence-corrected chi connectivity index (χ1v) is 9.92. The zero-order valence-corrected chi connectivity index (χ0v) is 15.0. The molecule has 1 fully saturated rings. The van der Waals surface area contributed by atoms with Crippen molar-refractivity contribution in [3.63, 3.8) is 0 Å². The van der Waals surface area contributed by atoms with E-state index in [1.807, 2.05) is 11.3 Å². The van der Waals surface area contributed by atoms with Crippen LogP contribution in [0.15, 0.2) is 12.1 Å². The Morgan fingerprint density at radius 3 is 2.48 bits per heavy atom. The Kier molecular flexibility index (Phi) is 7.25. The minimum absolute atomic E-state index is 0.604. The zero-order chi connectivity index (χ0) is 15.1. The Hall–Kier alpha value is -0.340. The van der Waals surface area contributed by atoms with Crippen LogP contribution in [0.1, 0.15) is 81.5 Å². The van der Waals surface area contributed by atoms with Crippen LogP contribution in [0.4, 0.5) is 0 Å². The first-order valence-electron chi connectivity index (χ1n) is 9.10. The third-order valence-electron chi connectivity index (χ3n) is 5.09. The van der Waals surface area contributed by atoms with Gasteiger partial charge in [0.05, 0.1) is 0 Å². The Morgan fingerprint density at radius 1 is 1.14 bits per heavy atom. The van der Waals surface area contributed by atoms with Gasteiger partial charge in [0.15, 0.2) is 0 Å². The van der Waals surface area contributed by atoms with Gasteiger partial charge in [-0.05, 0) is 49.8 Å².